The van der Waals surface area contributed by atoms with E-state index in [1.807, 2.05) is 35.1 Å². The molecule has 0 aliphatic rings. The summed E-state index contributed by atoms with van der Waals surface area (Å²) in [5.41, 5.74) is 3.01. The Bertz CT molecular complexity index is 1150. The van der Waals surface area contributed by atoms with Crippen molar-refractivity contribution < 1.29 is 27.3 Å². The number of methoxy groups -OCH3 is 1. The lowest BCUT2D eigenvalue weighted by atomic mass is 10.00. The van der Waals surface area contributed by atoms with Crippen LogP contribution < -0.4 is 4.72 Å². The van der Waals surface area contributed by atoms with Gasteiger partial charge >= 0.3 is 5.97 Å². The number of benzene rings is 2. The summed E-state index contributed by atoms with van der Waals surface area (Å²) in [6.07, 6.45) is -0.490. The zero-order valence-corrected chi connectivity index (χ0v) is 17.2. The van der Waals surface area contributed by atoms with Crippen molar-refractivity contribution in [1.29, 1.82) is 0 Å². The van der Waals surface area contributed by atoms with E-state index in [0.717, 1.165) is 16.7 Å². The Hall–Kier alpha value is -3.46. The lowest BCUT2D eigenvalue weighted by Gasteiger charge is -2.08. The first-order valence-electron chi connectivity index (χ1n) is 9.06. The fourth-order valence-electron chi connectivity index (χ4n) is 2.88. The molecule has 3 aromatic rings. The highest BCUT2D eigenvalue weighted by molar-refractivity contribution is 7.90. The van der Waals surface area contributed by atoms with Gasteiger partial charge in [0.1, 0.15) is 11.5 Å². The third-order valence-corrected chi connectivity index (χ3v) is 5.78. The summed E-state index contributed by atoms with van der Waals surface area (Å²) < 4.78 is 36.6. The van der Waals surface area contributed by atoms with Crippen molar-refractivity contribution in [2.24, 2.45) is 0 Å². The molecule has 156 valence electrons. The third-order valence-electron chi connectivity index (χ3n) is 4.40. The molecule has 0 fully saturated rings. The molecular weight excluding hydrogens is 408 g/mol. The molecule has 0 aliphatic heterocycles. The number of aryl methyl sites for hydroxylation is 1. The Kier molecular flexibility index (Phi) is 6.31. The molecule has 0 spiro atoms. The van der Waals surface area contributed by atoms with E-state index in [4.69, 9.17) is 4.52 Å². The number of carbonyl (C=O) groups excluding carboxylic acids is 2. The van der Waals surface area contributed by atoms with E-state index >= 15 is 0 Å². The van der Waals surface area contributed by atoms with Crippen LogP contribution in [0.2, 0.25) is 0 Å². The molecule has 1 aromatic heterocycles. The van der Waals surface area contributed by atoms with Gasteiger partial charge in [-0.05, 0) is 24.6 Å². The molecule has 0 aliphatic carbocycles. The molecule has 3 rings (SSSR count). The second-order valence-electron chi connectivity index (χ2n) is 6.46. The number of carbonyl (C=O) groups is 2. The minimum atomic E-state index is -4.06. The van der Waals surface area contributed by atoms with Crippen molar-refractivity contribution in [3.8, 4) is 22.4 Å². The number of hydrogen-bond donors (Lipinski definition) is 1. The van der Waals surface area contributed by atoms with Gasteiger partial charge in [0, 0.05) is 12.0 Å². The van der Waals surface area contributed by atoms with Gasteiger partial charge in [0.15, 0.2) is 0 Å². The van der Waals surface area contributed by atoms with Gasteiger partial charge in [0.2, 0.25) is 5.91 Å². The van der Waals surface area contributed by atoms with Crippen LogP contribution in [0.15, 0.2) is 64.0 Å². The summed E-state index contributed by atoms with van der Waals surface area (Å²) in [4.78, 5) is 22.9. The summed E-state index contributed by atoms with van der Waals surface area (Å²) in [5, 5.41) is 4.13. The van der Waals surface area contributed by atoms with Gasteiger partial charge in [-0.1, -0.05) is 47.6 Å². The van der Waals surface area contributed by atoms with Crippen LogP contribution in [0.5, 0.6) is 0 Å². The Morgan fingerprint density at radius 3 is 2.30 bits per heavy atom. The van der Waals surface area contributed by atoms with Crippen LogP contribution in [0.25, 0.3) is 22.4 Å². The van der Waals surface area contributed by atoms with Crippen LogP contribution in [0.4, 0.5) is 0 Å². The van der Waals surface area contributed by atoms with Crippen molar-refractivity contribution >= 4 is 21.9 Å². The highest BCUT2D eigenvalue weighted by atomic mass is 32.2. The minimum absolute atomic E-state index is 0.0759. The first-order chi connectivity index (χ1) is 14.3. The predicted molar refractivity (Wildman–Crippen MR) is 109 cm³/mol. The lowest BCUT2D eigenvalue weighted by molar-refractivity contribution is -0.142. The molecule has 0 bridgehead atoms. The molecule has 1 amide bonds. The Labute approximate surface area is 173 Å². The summed E-state index contributed by atoms with van der Waals surface area (Å²) in [7, 11) is -2.87. The fraction of sp³-hybridized carbons (Fsp3) is 0.190. The number of esters is 1. The molecular formula is C21H20N2O6S. The van der Waals surface area contributed by atoms with E-state index in [1.165, 1.54) is 19.2 Å². The Morgan fingerprint density at radius 1 is 1.00 bits per heavy atom. The number of aromatic nitrogens is 1. The van der Waals surface area contributed by atoms with E-state index in [1.54, 1.807) is 19.1 Å². The van der Waals surface area contributed by atoms with E-state index < -0.39 is 21.9 Å². The first-order valence-corrected chi connectivity index (χ1v) is 10.5. The maximum Gasteiger partial charge on any atom is 0.306 e. The molecule has 0 unspecified atom stereocenters. The predicted octanol–water partition coefficient (Wildman–Crippen LogP) is 3.08. The summed E-state index contributed by atoms with van der Waals surface area (Å²) in [6, 6.07) is 15.5. The van der Waals surface area contributed by atoms with E-state index in [2.05, 4.69) is 9.89 Å². The standard InChI is InChI=1S/C21H20N2O6S/c1-14-20(21(22-29-14)16-6-4-3-5-7-16)15-8-10-17(11-9-15)30(26,27)23-18(24)12-13-19(25)28-2/h3-11H,12-13H2,1-2H3,(H,23,24). The normalized spacial score (nSPS) is 11.1. The fourth-order valence-corrected chi connectivity index (χ4v) is 3.90. The number of nitrogens with zero attached hydrogens (tertiary/aromatic N) is 1. The quantitative estimate of drug-likeness (QED) is 0.575. The highest BCUT2D eigenvalue weighted by Gasteiger charge is 2.20. The molecule has 1 N–H and O–H groups in total. The molecule has 9 heteroatoms. The van der Waals surface area contributed by atoms with Gasteiger partial charge in [-0.3, -0.25) is 9.59 Å². The average molecular weight is 428 g/mol. The van der Waals surface area contributed by atoms with Crippen LogP contribution >= 0.6 is 0 Å². The van der Waals surface area contributed by atoms with Crippen LogP contribution in [-0.2, 0) is 24.3 Å². The molecule has 30 heavy (non-hydrogen) atoms. The Morgan fingerprint density at radius 2 is 1.67 bits per heavy atom. The summed E-state index contributed by atoms with van der Waals surface area (Å²) >= 11 is 0. The lowest BCUT2D eigenvalue weighted by Crippen LogP contribution is -2.30. The number of rotatable bonds is 7. The summed E-state index contributed by atoms with van der Waals surface area (Å²) in [6.45, 7) is 1.78. The largest absolute Gasteiger partial charge is 0.469 e. The number of hydrogen-bond acceptors (Lipinski definition) is 7. The van der Waals surface area contributed by atoms with Crippen molar-refractivity contribution in [3.05, 3.63) is 60.4 Å². The maximum absolute atomic E-state index is 12.4. The number of nitrogens with one attached hydrogen (secondary N) is 1. The molecule has 8 nitrogen and oxygen atoms in total. The minimum Gasteiger partial charge on any atom is -0.469 e. The van der Waals surface area contributed by atoms with E-state index in [-0.39, 0.29) is 17.7 Å². The number of ether oxygens (including phenoxy) is 1. The monoisotopic (exact) mass is 428 g/mol. The van der Waals surface area contributed by atoms with E-state index in [9.17, 15) is 18.0 Å². The zero-order valence-electron chi connectivity index (χ0n) is 16.4. The SMILES string of the molecule is COC(=O)CCC(=O)NS(=O)(=O)c1ccc(-c2c(-c3ccccc3)noc2C)cc1. The van der Waals surface area contributed by atoms with Gasteiger partial charge in [-0.2, -0.15) is 0 Å². The van der Waals surface area contributed by atoms with Gasteiger partial charge in [-0.25, -0.2) is 13.1 Å². The van der Waals surface area contributed by atoms with Crippen molar-refractivity contribution in [2.45, 2.75) is 24.7 Å². The topological polar surface area (TPSA) is 116 Å². The molecule has 0 saturated carbocycles. The van der Waals surface area contributed by atoms with Crippen molar-refractivity contribution in [3.63, 3.8) is 0 Å². The van der Waals surface area contributed by atoms with Gasteiger partial charge in [-0.15, -0.1) is 0 Å². The number of sulfonamides is 1. The second-order valence-corrected chi connectivity index (χ2v) is 8.14. The van der Waals surface area contributed by atoms with Gasteiger partial charge < -0.3 is 9.26 Å². The van der Waals surface area contributed by atoms with E-state index in [0.29, 0.717) is 11.5 Å². The first kappa shape index (κ1) is 21.3. The highest BCUT2D eigenvalue weighted by Crippen LogP contribution is 2.34. The van der Waals surface area contributed by atoms with Crippen molar-refractivity contribution in [2.75, 3.05) is 7.11 Å². The van der Waals surface area contributed by atoms with Gasteiger partial charge in [0.25, 0.3) is 10.0 Å². The molecule has 0 atom stereocenters. The molecule has 2 aromatic carbocycles. The number of amides is 1. The van der Waals surface area contributed by atoms with Crippen LogP contribution in [0.1, 0.15) is 18.6 Å². The average Bonchev–Trinajstić information content (AvgIpc) is 3.13. The molecule has 1 heterocycles. The zero-order chi connectivity index (χ0) is 21.7. The molecule has 0 saturated heterocycles. The molecule has 0 radical (unpaired) electrons. The van der Waals surface area contributed by atoms with Crippen LogP contribution in [0, 0.1) is 6.92 Å². The Balaban J connectivity index is 1.81. The van der Waals surface area contributed by atoms with Crippen LogP contribution in [-0.4, -0.2) is 32.6 Å². The maximum atomic E-state index is 12.4. The smallest absolute Gasteiger partial charge is 0.306 e. The third kappa shape index (κ3) is 4.74. The second kappa shape index (κ2) is 8.91. The van der Waals surface area contributed by atoms with Crippen molar-refractivity contribution in [1.82, 2.24) is 9.88 Å². The summed E-state index contributed by atoms with van der Waals surface area (Å²) in [5.74, 6) is -0.781. The van der Waals surface area contributed by atoms with Crippen LogP contribution in [0.3, 0.4) is 0 Å². The van der Waals surface area contributed by atoms with Gasteiger partial charge in [0.05, 0.1) is 24.0 Å².